The standard InChI is InChI=1S/C16H17FN4O2/c17-12-4-2-11(3-5-12)16(23)21-8-1-7-20-14-6-9-19-10-13(14)15(18)22/h2-6,9-10H,1,7-8H2,(H2,18,22)(H,19,20)(H,21,23). The molecule has 0 saturated carbocycles. The first-order chi connectivity index (χ1) is 11.1. The number of hydrogen-bond acceptors (Lipinski definition) is 4. The number of rotatable bonds is 7. The summed E-state index contributed by atoms with van der Waals surface area (Å²) in [5, 5.41) is 5.81. The van der Waals surface area contributed by atoms with E-state index in [-0.39, 0.29) is 11.7 Å². The van der Waals surface area contributed by atoms with Crippen molar-refractivity contribution in [2.24, 2.45) is 5.73 Å². The van der Waals surface area contributed by atoms with Crippen LogP contribution in [0.3, 0.4) is 0 Å². The lowest BCUT2D eigenvalue weighted by molar-refractivity contribution is 0.0952. The number of carbonyl (C=O) groups excluding carboxylic acids is 2. The number of carbonyl (C=O) groups is 2. The van der Waals surface area contributed by atoms with Crippen LogP contribution in [0.1, 0.15) is 27.1 Å². The molecule has 0 bridgehead atoms. The first-order valence-electron chi connectivity index (χ1n) is 7.09. The van der Waals surface area contributed by atoms with Gasteiger partial charge in [0.25, 0.3) is 11.8 Å². The van der Waals surface area contributed by atoms with E-state index in [1.54, 1.807) is 12.3 Å². The van der Waals surface area contributed by atoms with E-state index in [9.17, 15) is 14.0 Å². The Hall–Kier alpha value is -2.96. The summed E-state index contributed by atoms with van der Waals surface area (Å²) in [6.45, 7) is 0.994. The van der Waals surface area contributed by atoms with Crippen LogP contribution in [0, 0.1) is 5.82 Å². The summed E-state index contributed by atoms with van der Waals surface area (Å²) in [6, 6.07) is 7.01. The normalized spacial score (nSPS) is 10.1. The summed E-state index contributed by atoms with van der Waals surface area (Å²) in [7, 11) is 0. The summed E-state index contributed by atoms with van der Waals surface area (Å²) in [6.07, 6.45) is 3.61. The van der Waals surface area contributed by atoms with Crippen LogP contribution in [-0.2, 0) is 0 Å². The molecule has 0 aliphatic carbocycles. The van der Waals surface area contributed by atoms with Gasteiger partial charge in [0.05, 0.1) is 11.3 Å². The molecular weight excluding hydrogens is 299 g/mol. The van der Waals surface area contributed by atoms with Crippen molar-refractivity contribution < 1.29 is 14.0 Å². The fraction of sp³-hybridized carbons (Fsp3) is 0.188. The molecule has 23 heavy (non-hydrogen) atoms. The van der Waals surface area contributed by atoms with Crippen LogP contribution in [-0.4, -0.2) is 29.9 Å². The number of nitrogens with zero attached hydrogens (tertiary/aromatic N) is 1. The summed E-state index contributed by atoms with van der Waals surface area (Å²) < 4.78 is 12.8. The number of benzene rings is 1. The third-order valence-corrected chi connectivity index (χ3v) is 3.15. The number of amides is 2. The first-order valence-corrected chi connectivity index (χ1v) is 7.09. The molecule has 1 aromatic heterocycles. The average Bonchev–Trinajstić information content (AvgIpc) is 2.55. The molecule has 0 radical (unpaired) electrons. The first kappa shape index (κ1) is 16.4. The molecule has 6 nitrogen and oxygen atoms in total. The van der Waals surface area contributed by atoms with Gasteiger partial charge in [0.2, 0.25) is 0 Å². The third kappa shape index (κ3) is 4.77. The molecule has 120 valence electrons. The Kier molecular flexibility index (Phi) is 5.62. The molecule has 0 aliphatic rings. The van der Waals surface area contributed by atoms with Gasteiger partial charge in [-0.05, 0) is 36.8 Å². The van der Waals surface area contributed by atoms with Crippen LogP contribution < -0.4 is 16.4 Å². The topological polar surface area (TPSA) is 97.1 Å². The van der Waals surface area contributed by atoms with Crippen LogP contribution in [0.2, 0.25) is 0 Å². The number of hydrogen-bond donors (Lipinski definition) is 3. The monoisotopic (exact) mass is 316 g/mol. The van der Waals surface area contributed by atoms with Gasteiger partial charge in [-0.3, -0.25) is 14.6 Å². The van der Waals surface area contributed by atoms with Crippen molar-refractivity contribution >= 4 is 17.5 Å². The van der Waals surface area contributed by atoms with E-state index in [2.05, 4.69) is 15.6 Å². The Morgan fingerprint density at radius 2 is 1.87 bits per heavy atom. The molecule has 0 fully saturated rings. The van der Waals surface area contributed by atoms with Crippen LogP contribution in [0.5, 0.6) is 0 Å². The number of halogens is 1. The maximum Gasteiger partial charge on any atom is 0.252 e. The highest BCUT2D eigenvalue weighted by Gasteiger charge is 2.07. The minimum atomic E-state index is -0.551. The number of nitrogens with two attached hydrogens (primary N) is 1. The molecule has 4 N–H and O–H groups in total. The number of primary amides is 1. The zero-order valence-corrected chi connectivity index (χ0v) is 12.4. The zero-order valence-electron chi connectivity index (χ0n) is 12.4. The maximum absolute atomic E-state index is 12.8. The van der Waals surface area contributed by atoms with E-state index in [1.807, 2.05) is 0 Å². The molecule has 0 aliphatic heterocycles. The van der Waals surface area contributed by atoms with Crippen LogP contribution >= 0.6 is 0 Å². The van der Waals surface area contributed by atoms with Crippen LogP contribution in [0.15, 0.2) is 42.7 Å². The van der Waals surface area contributed by atoms with E-state index < -0.39 is 5.91 Å². The third-order valence-electron chi connectivity index (χ3n) is 3.15. The van der Waals surface area contributed by atoms with Gasteiger partial charge in [0.15, 0.2) is 0 Å². The van der Waals surface area contributed by atoms with Gasteiger partial charge in [0.1, 0.15) is 5.82 Å². The molecule has 1 aromatic carbocycles. The Bertz CT molecular complexity index is 689. The van der Waals surface area contributed by atoms with Gasteiger partial charge in [-0.2, -0.15) is 0 Å². The van der Waals surface area contributed by atoms with Crippen LogP contribution in [0.4, 0.5) is 10.1 Å². The van der Waals surface area contributed by atoms with Gasteiger partial charge in [-0.25, -0.2) is 4.39 Å². The second kappa shape index (κ2) is 7.88. The number of nitrogens with one attached hydrogen (secondary N) is 2. The van der Waals surface area contributed by atoms with Crippen molar-refractivity contribution in [3.05, 3.63) is 59.7 Å². The molecule has 0 saturated heterocycles. The fourth-order valence-electron chi connectivity index (χ4n) is 1.96. The van der Waals surface area contributed by atoms with Crippen molar-refractivity contribution in [3.63, 3.8) is 0 Å². The summed E-state index contributed by atoms with van der Waals surface area (Å²) in [4.78, 5) is 26.9. The second-order valence-corrected chi connectivity index (χ2v) is 4.83. The molecule has 2 aromatic rings. The van der Waals surface area contributed by atoms with E-state index in [0.29, 0.717) is 36.3 Å². The van der Waals surface area contributed by atoms with Gasteiger partial charge < -0.3 is 16.4 Å². The Morgan fingerprint density at radius 1 is 1.13 bits per heavy atom. The second-order valence-electron chi connectivity index (χ2n) is 4.83. The summed E-state index contributed by atoms with van der Waals surface area (Å²) in [5.74, 6) is -1.19. The van der Waals surface area contributed by atoms with Gasteiger partial charge in [0, 0.05) is 31.0 Å². The summed E-state index contributed by atoms with van der Waals surface area (Å²) in [5.41, 5.74) is 6.59. The highest BCUT2D eigenvalue weighted by molar-refractivity contribution is 5.98. The number of anilines is 1. The minimum absolute atomic E-state index is 0.258. The molecule has 0 unspecified atom stereocenters. The Labute approximate surface area is 132 Å². The number of aromatic nitrogens is 1. The SMILES string of the molecule is NC(=O)c1cnccc1NCCCNC(=O)c1ccc(F)cc1. The van der Waals surface area contributed by atoms with Crippen molar-refractivity contribution in [2.75, 3.05) is 18.4 Å². The van der Waals surface area contributed by atoms with Crippen molar-refractivity contribution in [1.29, 1.82) is 0 Å². The lowest BCUT2D eigenvalue weighted by atomic mass is 10.2. The molecule has 0 spiro atoms. The van der Waals surface area contributed by atoms with Crippen molar-refractivity contribution in [2.45, 2.75) is 6.42 Å². The predicted molar refractivity (Wildman–Crippen MR) is 84.6 cm³/mol. The number of pyridine rings is 1. The fourth-order valence-corrected chi connectivity index (χ4v) is 1.96. The molecule has 7 heteroatoms. The highest BCUT2D eigenvalue weighted by atomic mass is 19.1. The average molecular weight is 316 g/mol. The Morgan fingerprint density at radius 3 is 2.57 bits per heavy atom. The lowest BCUT2D eigenvalue weighted by Crippen LogP contribution is -2.26. The van der Waals surface area contributed by atoms with E-state index in [0.717, 1.165) is 0 Å². The summed E-state index contributed by atoms with van der Waals surface area (Å²) >= 11 is 0. The Balaban J connectivity index is 1.75. The minimum Gasteiger partial charge on any atom is -0.384 e. The van der Waals surface area contributed by atoms with Gasteiger partial charge >= 0.3 is 0 Å². The molecule has 2 rings (SSSR count). The largest absolute Gasteiger partial charge is 0.384 e. The molecular formula is C16H17FN4O2. The zero-order chi connectivity index (χ0) is 16.7. The van der Waals surface area contributed by atoms with Gasteiger partial charge in [-0.15, -0.1) is 0 Å². The molecule has 1 heterocycles. The quantitative estimate of drug-likeness (QED) is 0.675. The molecule has 0 atom stereocenters. The van der Waals surface area contributed by atoms with E-state index in [4.69, 9.17) is 5.73 Å². The van der Waals surface area contributed by atoms with E-state index >= 15 is 0 Å². The van der Waals surface area contributed by atoms with Crippen molar-refractivity contribution in [3.8, 4) is 0 Å². The van der Waals surface area contributed by atoms with Gasteiger partial charge in [-0.1, -0.05) is 0 Å². The highest BCUT2D eigenvalue weighted by Crippen LogP contribution is 2.12. The maximum atomic E-state index is 12.8. The van der Waals surface area contributed by atoms with Crippen LogP contribution in [0.25, 0.3) is 0 Å². The predicted octanol–water partition coefficient (Wildman–Crippen LogP) is 1.55. The smallest absolute Gasteiger partial charge is 0.252 e. The lowest BCUT2D eigenvalue weighted by Gasteiger charge is -2.10. The molecule has 2 amide bonds. The van der Waals surface area contributed by atoms with E-state index in [1.165, 1.54) is 30.5 Å². The van der Waals surface area contributed by atoms with Crippen molar-refractivity contribution in [1.82, 2.24) is 10.3 Å².